The van der Waals surface area contributed by atoms with Crippen molar-refractivity contribution in [2.75, 3.05) is 0 Å². The second kappa shape index (κ2) is 5.84. The summed E-state index contributed by atoms with van der Waals surface area (Å²) in [5, 5.41) is 9.30. The fourth-order valence-corrected chi connectivity index (χ4v) is 3.53. The van der Waals surface area contributed by atoms with Crippen LogP contribution < -0.4 is 4.72 Å². The van der Waals surface area contributed by atoms with Gasteiger partial charge < -0.3 is 5.11 Å². The van der Waals surface area contributed by atoms with Gasteiger partial charge >= 0.3 is 0 Å². The third-order valence-electron chi connectivity index (χ3n) is 3.72. The smallest absolute Gasteiger partial charge is 0.241 e. The Morgan fingerprint density at radius 1 is 1.20 bits per heavy atom. The van der Waals surface area contributed by atoms with Crippen molar-refractivity contribution in [3.63, 3.8) is 0 Å². The van der Waals surface area contributed by atoms with Gasteiger partial charge in [0.15, 0.2) is 0 Å². The zero-order valence-electron chi connectivity index (χ0n) is 13.1. The first-order chi connectivity index (χ1) is 8.99. The Hall–Kier alpha value is -0.910. The second-order valence-electron chi connectivity index (χ2n) is 6.41. The monoisotopic (exact) mass is 299 g/mol. The van der Waals surface area contributed by atoms with Gasteiger partial charge in [-0.05, 0) is 48.9 Å². The molecule has 0 amide bonds. The minimum absolute atomic E-state index is 0.161. The summed E-state index contributed by atoms with van der Waals surface area (Å²) in [5.74, 6) is 0. The predicted molar refractivity (Wildman–Crippen MR) is 81.1 cm³/mol. The Bertz CT molecular complexity index is 586. The van der Waals surface area contributed by atoms with Crippen LogP contribution in [0.25, 0.3) is 0 Å². The van der Waals surface area contributed by atoms with E-state index in [-0.39, 0.29) is 23.0 Å². The first-order valence-corrected chi connectivity index (χ1v) is 8.20. The van der Waals surface area contributed by atoms with Gasteiger partial charge in [-0.15, -0.1) is 0 Å². The van der Waals surface area contributed by atoms with E-state index in [1.165, 1.54) is 0 Å². The molecule has 2 N–H and O–H groups in total. The maximum atomic E-state index is 12.5. The highest BCUT2D eigenvalue weighted by atomic mass is 32.2. The molecule has 20 heavy (non-hydrogen) atoms. The lowest BCUT2D eigenvalue weighted by Crippen LogP contribution is -2.41. The fourth-order valence-electron chi connectivity index (χ4n) is 1.81. The maximum Gasteiger partial charge on any atom is 0.241 e. The molecule has 0 spiro atoms. The molecule has 114 valence electrons. The first kappa shape index (κ1) is 17.1. The molecular formula is C15H25NO3S. The second-order valence-corrected chi connectivity index (χ2v) is 8.09. The van der Waals surface area contributed by atoms with Gasteiger partial charge in [-0.2, -0.15) is 0 Å². The molecule has 0 aliphatic carbocycles. The van der Waals surface area contributed by atoms with Gasteiger partial charge in [-0.25, -0.2) is 13.1 Å². The molecule has 1 unspecified atom stereocenters. The van der Waals surface area contributed by atoms with Crippen molar-refractivity contribution in [1.82, 2.24) is 4.72 Å². The summed E-state index contributed by atoms with van der Waals surface area (Å²) < 4.78 is 27.7. The van der Waals surface area contributed by atoms with Crippen LogP contribution in [0.5, 0.6) is 0 Å². The molecule has 0 saturated heterocycles. The van der Waals surface area contributed by atoms with Crippen LogP contribution in [0.2, 0.25) is 0 Å². The van der Waals surface area contributed by atoms with Crippen LogP contribution in [0.15, 0.2) is 17.0 Å². The third-order valence-corrected chi connectivity index (χ3v) is 5.41. The van der Waals surface area contributed by atoms with Gasteiger partial charge in [-0.1, -0.05) is 26.8 Å². The molecule has 1 atom stereocenters. The van der Waals surface area contributed by atoms with Crippen LogP contribution in [0.3, 0.4) is 0 Å². The zero-order valence-corrected chi connectivity index (χ0v) is 13.9. The lowest BCUT2D eigenvalue weighted by Gasteiger charge is -2.28. The molecular weight excluding hydrogens is 274 g/mol. The highest BCUT2D eigenvalue weighted by molar-refractivity contribution is 7.89. The molecule has 0 radical (unpaired) electrons. The number of benzene rings is 1. The summed E-state index contributed by atoms with van der Waals surface area (Å²) in [6.07, 6.45) is 0. The molecule has 1 aromatic carbocycles. The Labute approximate surface area is 122 Å². The topological polar surface area (TPSA) is 66.4 Å². The van der Waals surface area contributed by atoms with Crippen LogP contribution in [-0.4, -0.2) is 19.6 Å². The summed E-state index contributed by atoms with van der Waals surface area (Å²) in [6.45, 7) is 11.3. The summed E-state index contributed by atoms with van der Waals surface area (Å²) in [7, 11) is -3.58. The van der Waals surface area contributed by atoms with Crippen LogP contribution in [0, 0.1) is 19.3 Å². The van der Waals surface area contributed by atoms with E-state index in [0.29, 0.717) is 11.1 Å². The van der Waals surface area contributed by atoms with Crippen LogP contribution >= 0.6 is 0 Å². The number of aryl methyl sites for hydroxylation is 2. The molecule has 0 aromatic heterocycles. The van der Waals surface area contributed by atoms with Crippen LogP contribution in [0.4, 0.5) is 0 Å². The molecule has 0 bridgehead atoms. The van der Waals surface area contributed by atoms with Crippen LogP contribution in [0.1, 0.15) is 44.4 Å². The number of sulfonamides is 1. The summed E-state index contributed by atoms with van der Waals surface area (Å²) in [5.41, 5.74) is 2.06. The van der Waals surface area contributed by atoms with E-state index in [0.717, 1.165) is 5.56 Å². The molecule has 5 heteroatoms. The Morgan fingerprint density at radius 2 is 1.75 bits per heavy atom. The van der Waals surface area contributed by atoms with E-state index in [9.17, 15) is 13.5 Å². The Balaban J connectivity index is 3.23. The van der Waals surface area contributed by atoms with Crippen LogP contribution in [-0.2, 0) is 16.6 Å². The molecule has 0 heterocycles. The van der Waals surface area contributed by atoms with Crippen molar-refractivity contribution < 1.29 is 13.5 Å². The van der Waals surface area contributed by atoms with E-state index >= 15 is 0 Å². The molecule has 0 aliphatic rings. The maximum absolute atomic E-state index is 12.5. The van der Waals surface area contributed by atoms with Gasteiger partial charge in [0, 0.05) is 6.04 Å². The first-order valence-electron chi connectivity index (χ1n) is 6.72. The molecule has 1 rings (SSSR count). The molecule has 0 fully saturated rings. The normalized spacial score (nSPS) is 14.3. The van der Waals surface area contributed by atoms with Crippen molar-refractivity contribution in [2.24, 2.45) is 5.41 Å². The van der Waals surface area contributed by atoms with Gasteiger partial charge in [-0.3, -0.25) is 0 Å². The third kappa shape index (κ3) is 3.81. The number of rotatable bonds is 4. The summed E-state index contributed by atoms with van der Waals surface area (Å²) >= 11 is 0. The van der Waals surface area contributed by atoms with Crippen molar-refractivity contribution in [3.8, 4) is 0 Å². The van der Waals surface area contributed by atoms with Crippen molar-refractivity contribution in [2.45, 2.75) is 59.1 Å². The highest BCUT2D eigenvalue weighted by Crippen LogP contribution is 2.24. The quantitative estimate of drug-likeness (QED) is 0.897. The van der Waals surface area contributed by atoms with Gasteiger partial charge in [0.2, 0.25) is 10.0 Å². The molecule has 1 aromatic rings. The van der Waals surface area contributed by atoms with Crippen molar-refractivity contribution in [1.29, 1.82) is 0 Å². The molecule has 4 nitrogen and oxygen atoms in total. The summed E-state index contributed by atoms with van der Waals surface area (Å²) in [4.78, 5) is 0.239. The molecule has 0 aliphatic heterocycles. The van der Waals surface area contributed by atoms with Gasteiger partial charge in [0.1, 0.15) is 0 Å². The number of aliphatic hydroxyl groups excluding tert-OH is 1. The minimum atomic E-state index is -3.58. The average Bonchev–Trinajstić information content (AvgIpc) is 2.26. The fraction of sp³-hybridized carbons (Fsp3) is 0.600. The number of hydrogen-bond acceptors (Lipinski definition) is 3. The van der Waals surface area contributed by atoms with Gasteiger partial charge in [0.25, 0.3) is 0 Å². The van der Waals surface area contributed by atoms with Crippen molar-refractivity contribution >= 4 is 10.0 Å². The van der Waals surface area contributed by atoms with E-state index in [4.69, 9.17) is 0 Å². The number of nitrogens with one attached hydrogen (secondary N) is 1. The zero-order chi connectivity index (χ0) is 15.7. The lowest BCUT2D eigenvalue weighted by atomic mass is 9.89. The number of aliphatic hydroxyl groups is 1. The average molecular weight is 299 g/mol. The number of hydrogen-bond donors (Lipinski definition) is 2. The van der Waals surface area contributed by atoms with E-state index in [2.05, 4.69) is 4.72 Å². The van der Waals surface area contributed by atoms with E-state index < -0.39 is 10.0 Å². The summed E-state index contributed by atoms with van der Waals surface area (Å²) in [6, 6.07) is 3.16. The Morgan fingerprint density at radius 3 is 2.20 bits per heavy atom. The standard InChI is InChI=1S/C15H25NO3S/c1-10-7-11(2)14(8-13(10)9-17)20(18,19)16-12(3)15(4,5)6/h7-8,12,16-17H,9H2,1-6H3. The van der Waals surface area contributed by atoms with Crippen molar-refractivity contribution in [3.05, 3.63) is 28.8 Å². The predicted octanol–water partition coefficient (Wildman–Crippen LogP) is 2.51. The van der Waals surface area contributed by atoms with E-state index in [1.807, 2.05) is 34.6 Å². The van der Waals surface area contributed by atoms with E-state index in [1.54, 1.807) is 19.1 Å². The molecule has 0 saturated carbocycles. The minimum Gasteiger partial charge on any atom is -0.392 e. The SMILES string of the molecule is Cc1cc(C)c(S(=O)(=O)NC(C)C(C)(C)C)cc1CO. The largest absolute Gasteiger partial charge is 0.392 e. The van der Waals surface area contributed by atoms with Gasteiger partial charge in [0.05, 0.1) is 11.5 Å². The lowest BCUT2D eigenvalue weighted by molar-refractivity contribution is 0.280. The Kier molecular flexibility index (Phi) is 5.00. The highest BCUT2D eigenvalue weighted by Gasteiger charge is 2.27.